The van der Waals surface area contributed by atoms with Gasteiger partial charge in [0.2, 0.25) is 0 Å². The van der Waals surface area contributed by atoms with Crippen LogP contribution in [0.5, 0.6) is 0 Å². The highest BCUT2D eigenvalue weighted by atomic mass is 16.6. The van der Waals surface area contributed by atoms with Gasteiger partial charge in [-0.2, -0.15) is 0 Å². The Morgan fingerprint density at radius 3 is 2.75 bits per heavy atom. The molecule has 2 atom stereocenters. The molecule has 0 bridgehead atoms. The predicted octanol–water partition coefficient (Wildman–Crippen LogP) is 2.50. The molecule has 0 fully saturated rings. The number of hydrogen-bond acceptors (Lipinski definition) is 3. The van der Waals surface area contributed by atoms with Crippen molar-refractivity contribution in [3.63, 3.8) is 0 Å². The van der Waals surface area contributed by atoms with E-state index < -0.39 is 5.60 Å². The number of carbonyl (C=O) groups excluding carboxylic acids is 1. The van der Waals surface area contributed by atoms with Gasteiger partial charge in [0.1, 0.15) is 5.60 Å². The molecule has 0 spiro atoms. The van der Waals surface area contributed by atoms with Crippen LogP contribution in [0, 0.1) is 5.92 Å². The van der Waals surface area contributed by atoms with E-state index in [9.17, 15) is 4.79 Å². The zero-order chi connectivity index (χ0) is 12.2. The molecule has 90 valence electrons. The first-order valence-corrected chi connectivity index (χ1v) is 5.56. The van der Waals surface area contributed by atoms with Crippen molar-refractivity contribution < 1.29 is 9.53 Å². The summed E-state index contributed by atoms with van der Waals surface area (Å²) in [4.78, 5) is 15.5. The van der Waals surface area contributed by atoms with Gasteiger partial charge in [-0.25, -0.2) is 4.79 Å². The van der Waals surface area contributed by atoms with Crippen LogP contribution in [-0.2, 0) is 4.74 Å². The lowest BCUT2D eigenvalue weighted by Gasteiger charge is -2.25. The predicted molar refractivity (Wildman–Crippen MR) is 64.6 cm³/mol. The van der Waals surface area contributed by atoms with E-state index in [1.54, 1.807) is 6.20 Å². The number of nitrogens with one attached hydrogen (secondary N) is 1. The van der Waals surface area contributed by atoms with Gasteiger partial charge in [0.05, 0.1) is 0 Å². The number of hydrogen-bond donors (Lipinski definition) is 1. The molecule has 0 aromatic rings. The molecule has 1 aliphatic rings. The summed E-state index contributed by atoms with van der Waals surface area (Å²) in [5, 5.41) is 2.83. The van der Waals surface area contributed by atoms with Crippen molar-refractivity contribution in [2.45, 2.75) is 45.8 Å². The van der Waals surface area contributed by atoms with Gasteiger partial charge in [-0.3, -0.25) is 4.99 Å². The monoisotopic (exact) mass is 224 g/mol. The topological polar surface area (TPSA) is 50.7 Å². The first-order chi connectivity index (χ1) is 7.38. The van der Waals surface area contributed by atoms with E-state index >= 15 is 0 Å². The van der Waals surface area contributed by atoms with Gasteiger partial charge in [0.25, 0.3) is 0 Å². The third-order valence-electron chi connectivity index (χ3n) is 2.29. The molecule has 1 rings (SSSR count). The van der Waals surface area contributed by atoms with E-state index in [0.717, 1.165) is 6.42 Å². The smallest absolute Gasteiger partial charge is 0.407 e. The highest BCUT2D eigenvalue weighted by Crippen LogP contribution is 2.14. The summed E-state index contributed by atoms with van der Waals surface area (Å²) >= 11 is 0. The summed E-state index contributed by atoms with van der Waals surface area (Å²) < 4.78 is 5.19. The molecular weight excluding hydrogens is 204 g/mol. The maximum Gasteiger partial charge on any atom is 0.407 e. The van der Waals surface area contributed by atoms with Crippen LogP contribution >= 0.6 is 0 Å². The van der Waals surface area contributed by atoms with Crippen molar-refractivity contribution in [2.24, 2.45) is 10.9 Å². The van der Waals surface area contributed by atoms with E-state index in [2.05, 4.69) is 10.3 Å². The van der Waals surface area contributed by atoms with Crippen molar-refractivity contribution in [1.82, 2.24) is 5.32 Å². The number of carbonyl (C=O) groups is 1. The van der Waals surface area contributed by atoms with E-state index in [-0.39, 0.29) is 12.1 Å². The molecule has 1 amide bonds. The zero-order valence-corrected chi connectivity index (χ0v) is 10.4. The molecule has 4 nitrogen and oxygen atoms in total. The Bertz CT molecular complexity index is 303. The minimum absolute atomic E-state index is 0.0536. The summed E-state index contributed by atoms with van der Waals surface area (Å²) in [7, 11) is 0. The number of ether oxygens (including phenoxy) is 1. The van der Waals surface area contributed by atoms with Crippen LogP contribution in [0.1, 0.15) is 34.1 Å². The van der Waals surface area contributed by atoms with Crippen molar-refractivity contribution in [3.05, 3.63) is 12.3 Å². The zero-order valence-electron chi connectivity index (χ0n) is 10.4. The van der Waals surface area contributed by atoms with E-state index in [4.69, 9.17) is 4.74 Å². The molecule has 0 saturated heterocycles. The van der Waals surface area contributed by atoms with Crippen LogP contribution in [0.4, 0.5) is 4.79 Å². The van der Waals surface area contributed by atoms with Crippen molar-refractivity contribution in [1.29, 1.82) is 0 Å². The highest BCUT2D eigenvalue weighted by molar-refractivity contribution is 5.68. The van der Waals surface area contributed by atoms with Gasteiger partial charge < -0.3 is 10.1 Å². The Hall–Kier alpha value is -1.32. The van der Waals surface area contributed by atoms with Gasteiger partial charge in [0, 0.05) is 24.4 Å². The number of rotatable bonds is 2. The Labute approximate surface area is 96.8 Å². The summed E-state index contributed by atoms with van der Waals surface area (Å²) in [5.74, 6) is 0.296. The standard InChI is InChI=1S/C12H20N2O2/c1-9(10-5-7-13-8-6-10)14-11(15)16-12(2,3)4/h5,7-10H,6H2,1-4H3,(H,14,15)/t9-,10?/m1/s1. The molecule has 16 heavy (non-hydrogen) atoms. The number of aliphatic imine (C=N–C) groups is 1. The molecule has 1 N–H and O–H groups in total. The third-order valence-corrected chi connectivity index (χ3v) is 2.29. The second kappa shape index (κ2) is 5.14. The van der Waals surface area contributed by atoms with Crippen LogP contribution in [0.15, 0.2) is 17.3 Å². The molecule has 0 saturated carbocycles. The fourth-order valence-corrected chi connectivity index (χ4v) is 1.45. The van der Waals surface area contributed by atoms with E-state index in [1.165, 1.54) is 0 Å². The second-order valence-electron chi connectivity index (χ2n) is 5.01. The molecule has 0 aromatic carbocycles. The highest BCUT2D eigenvalue weighted by Gasteiger charge is 2.21. The van der Waals surface area contributed by atoms with Gasteiger partial charge in [-0.05, 0) is 34.1 Å². The van der Waals surface area contributed by atoms with Gasteiger partial charge in [-0.15, -0.1) is 0 Å². The molecular formula is C12H20N2O2. The minimum atomic E-state index is -0.451. The average molecular weight is 224 g/mol. The number of alkyl carbamates (subject to hydrolysis) is 1. The molecule has 1 unspecified atom stereocenters. The van der Waals surface area contributed by atoms with Crippen molar-refractivity contribution in [2.75, 3.05) is 0 Å². The van der Waals surface area contributed by atoms with Crippen LogP contribution < -0.4 is 5.32 Å². The maximum atomic E-state index is 11.5. The fraction of sp³-hybridized carbons (Fsp3) is 0.667. The lowest BCUT2D eigenvalue weighted by atomic mass is 9.97. The number of nitrogens with zero attached hydrogens (tertiary/aromatic N) is 1. The first kappa shape index (κ1) is 12.7. The van der Waals surface area contributed by atoms with Crippen molar-refractivity contribution in [3.8, 4) is 0 Å². The van der Waals surface area contributed by atoms with Gasteiger partial charge in [0.15, 0.2) is 0 Å². The van der Waals surface area contributed by atoms with Crippen LogP contribution in [-0.4, -0.2) is 24.0 Å². The minimum Gasteiger partial charge on any atom is -0.444 e. The summed E-state index contributed by atoms with van der Waals surface area (Å²) in [6, 6.07) is 0.0536. The van der Waals surface area contributed by atoms with Gasteiger partial charge >= 0.3 is 6.09 Å². The fourth-order valence-electron chi connectivity index (χ4n) is 1.45. The molecule has 1 heterocycles. The first-order valence-electron chi connectivity index (χ1n) is 5.56. The molecule has 0 aromatic heterocycles. The summed E-state index contributed by atoms with van der Waals surface area (Å²) in [5.41, 5.74) is -0.451. The Morgan fingerprint density at radius 1 is 1.56 bits per heavy atom. The Balaban J connectivity index is 2.39. The summed E-state index contributed by atoms with van der Waals surface area (Å²) in [6.45, 7) is 7.53. The summed E-state index contributed by atoms with van der Waals surface area (Å²) in [6.07, 6.45) is 6.12. The van der Waals surface area contributed by atoms with E-state index in [0.29, 0.717) is 5.92 Å². The maximum absolute atomic E-state index is 11.5. The molecule has 1 aliphatic heterocycles. The van der Waals surface area contributed by atoms with Crippen LogP contribution in [0.25, 0.3) is 0 Å². The van der Waals surface area contributed by atoms with Gasteiger partial charge in [-0.1, -0.05) is 6.08 Å². The van der Waals surface area contributed by atoms with Crippen LogP contribution in [0.2, 0.25) is 0 Å². The largest absolute Gasteiger partial charge is 0.444 e. The second-order valence-corrected chi connectivity index (χ2v) is 5.01. The molecule has 0 radical (unpaired) electrons. The average Bonchev–Trinajstić information content (AvgIpc) is 2.16. The third kappa shape index (κ3) is 4.47. The SMILES string of the molecule is C[C@@H](NC(=O)OC(C)(C)C)C1C=CN=CC1. The Kier molecular flexibility index (Phi) is 4.10. The lowest BCUT2D eigenvalue weighted by molar-refractivity contribution is 0.0498. The molecule has 4 heteroatoms. The lowest BCUT2D eigenvalue weighted by Crippen LogP contribution is -2.41. The normalized spacial score (nSPS) is 21.6. The van der Waals surface area contributed by atoms with Crippen molar-refractivity contribution >= 4 is 12.3 Å². The molecule has 0 aliphatic carbocycles. The number of amides is 1. The quantitative estimate of drug-likeness (QED) is 0.783. The Morgan fingerprint density at radius 2 is 2.25 bits per heavy atom. The van der Waals surface area contributed by atoms with Crippen LogP contribution in [0.3, 0.4) is 0 Å². The van der Waals surface area contributed by atoms with E-state index in [1.807, 2.05) is 40.0 Å².